The molecule has 4 nitrogen and oxygen atoms in total. The van der Waals surface area contributed by atoms with Crippen LogP contribution in [-0.2, 0) is 0 Å². The maximum atomic E-state index is 5.56. The van der Waals surface area contributed by atoms with Crippen LogP contribution in [0.2, 0.25) is 0 Å². The van der Waals surface area contributed by atoms with Gasteiger partial charge in [-0.1, -0.05) is 25.1 Å². The van der Waals surface area contributed by atoms with Crippen molar-refractivity contribution in [3.8, 4) is 5.69 Å². The number of benzene rings is 1. The minimum Gasteiger partial charge on any atom is -0.467 e. The number of nitrogens with one attached hydrogen (secondary N) is 1. The first-order valence-electron chi connectivity index (χ1n) is 7.25. The molecule has 1 aromatic carbocycles. The predicted octanol–water partition coefficient (Wildman–Crippen LogP) is 3.55. The monoisotopic (exact) mass is 281 g/mol. The van der Waals surface area contributed by atoms with Crippen LogP contribution in [0.3, 0.4) is 0 Å². The van der Waals surface area contributed by atoms with Crippen molar-refractivity contribution in [1.29, 1.82) is 0 Å². The quantitative estimate of drug-likeness (QED) is 0.751. The van der Waals surface area contributed by atoms with Crippen LogP contribution in [0, 0.1) is 0 Å². The van der Waals surface area contributed by atoms with Gasteiger partial charge in [0.1, 0.15) is 5.76 Å². The second kappa shape index (κ2) is 6.41. The van der Waals surface area contributed by atoms with E-state index in [1.54, 1.807) is 6.26 Å². The first kappa shape index (κ1) is 13.6. The van der Waals surface area contributed by atoms with Crippen molar-refractivity contribution in [2.75, 3.05) is 6.54 Å². The minimum atomic E-state index is 0.0393. The standard InChI is InChI=1S/C17H19N3O/c1-2-10-18-17(16-9-6-11-21-16)14-12-19-20(13-14)15-7-4-3-5-8-15/h3-9,11-13,17-18H,2,10H2,1H3. The van der Waals surface area contributed by atoms with Gasteiger partial charge in [0.05, 0.1) is 24.2 Å². The van der Waals surface area contributed by atoms with Crippen LogP contribution in [0.5, 0.6) is 0 Å². The summed E-state index contributed by atoms with van der Waals surface area (Å²) in [4.78, 5) is 0. The van der Waals surface area contributed by atoms with Gasteiger partial charge in [-0.15, -0.1) is 0 Å². The Morgan fingerprint density at radius 3 is 2.76 bits per heavy atom. The summed E-state index contributed by atoms with van der Waals surface area (Å²) in [7, 11) is 0. The molecule has 108 valence electrons. The van der Waals surface area contributed by atoms with Crippen LogP contribution >= 0.6 is 0 Å². The third-order valence-corrected chi connectivity index (χ3v) is 3.38. The molecule has 0 amide bonds. The Kier molecular flexibility index (Phi) is 4.17. The van der Waals surface area contributed by atoms with Crippen LogP contribution in [-0.4, -0.2) is 16.3 Å². The zero-order valence-electron chi connectivity index (χ0n) is 12.1. The Hall–Kier alpha value is -2.33. The largest absolute Gasteiger partial charge is 0.467 e. The van der Waals surface area contributed by atoms with Gasteiger partial charge >= 0.3 is 0 Å². The van der Waals surface area contributed by atoms with Crippen LogP contribution in [0.25, 0.3) is 5.69 Å². The maximum Gasteiger partial charge on any atom is 0.125 e. The summed E-state index contributed by atoms with van der Waals surface area (Å²) in [6.45, 7) is 3.08. The van der Waals surface area contributed by atoms with Crippen LogP contribution in [0.1, 0.15) is 30.7 Å². The van der Waals surface area contributed by atoms with Crippen LogP contribution < -0.4 is 5.32 Å². The number of hydrogen-bond acceptors (Lipinski definition) is 3. The highest BCUT2D eigenvalue weighted by Gasteiger charge is 2.18. The van der Waals surface area contributed by atoms with Crippen molar-refractivity contribution in [2.45, 2.75) is 19.4 Å². The van der Waals surface area contributed by atoms with E-state index in [1.165, 1.54) is 0 Å². The topological polar surface area (TPSA) is 43.0 Å². The van der Waals surface area contributed by atoms with Gasteiger partial charge in [-0.25, -0.2) is 4.68 Å². The SMILES string of the molecule is CCCNC(c1cnn(-c2ccccc2)c1)c1ccco1. The summed E-state index contributed by atoms with van der Waals surface area (Å²) in [5.41, 5.74) is 2.15. The first-order chi connectivity index (χ1) is 10.4. The van der Waals surface area contributed by atoms with E-state index >= 15 is 0 Å². The molecule has 0 spiro atoms. The second-order valence-corrected chi connectivity index (χ2v) is 4.96. The van der Waals surface area contributed by atoms with E-state index in [0.717, 1.165) is 30.0 Å². The lowest BCUT2D eigenvalue weighted by Gasteiger charge is -2.14. The fourth-order valence-electron chi connectivity index (χ4n) is 2.33. The highest BCUT2D eigenvalue weighted by molar-refractivity contribution is 5.32. The van der Waals surface area contributed by atoms with Crippen molar-refractivity contribution in [3.63, 3.8) is 0 Å². The predicted molar refractivity (Wildman–Crippen MR) is 82.4 cm³/mol. The molecule has 21 heavy (non-hydrogen) atoms. The molecular formula is C17H19N3O. The number of aromatic nitrogens is 2. The Labute approximate surface area is 124 Å². The third kappa shape index (κ3) is 3.06. The molecule has 2 aromatic heterocycles. The van der Waals surface area contributed by atoms with Gasteiger partial charge in [0, 0.05) is 11.8 Å². The van der Waals surface area contributed by atoms with Crippen LogP contribution in [0.15, 0.2) is 65.5 Å². The fraction of sp³-hybridized carbons (Fsp3) is 0.235. The molecule has 4 heteroatoms. The summed E-state index contributed by atoms with van der Waals surface area (Å²) in [6, 6.07) is 14.0. The third-order valence-electron chi connectivity index (χ3n) is 3.38. The first-order valence-corrected chi connectivity index (χ1v) is 7.25. The van der Waals surface area contributed by atoms with Crippen molar-refractivity contribution in [1.82, 2.24) is 15.1 Å². The van der Waals surface area contributed by atoms with Crippen molar-refractivity contribution >= 4 is 0 Å². The molecule has 0 aliphatic heterocycles. The number of furan rings is 1. The molecule has 0 aliphatic carbocycles. The fourth-order valence-corrected chi connectivity index (χ4v) is 2.33. The van der Waals surface area contributed by atoms with Gasteiger partial charge in [0.25, 0.3) is 0 Å². The number of nitrogens with zero attached hydrogens (tertiary/aromatic N) is 2. The van der Waals surface area contributed by atoms with Gasteiger partial charge < -0.3 is 9.73 Å². The molecule has 0 saturated heterocycles. The molecule has 1 N–H and O–H groups in total. The second-order valence-electron chi connectivity index (χ2n) is 4.96. The highest BCUT2D eigenvalue weighted by atomic mass is 16.3. The zero-order valence-corrected chi connectivity index (χ0v) is 12.1. The Balaban J connectivity index is 1.88. The Morgan fingerprint density at radius 1 is 1.19 bits per heavy atom. The summed E-state index contributed by atoms with van der Waals surface area (Å²) < 4.78 is 7.45. The Bertz CT molecular complexity index is 658. The summed E-state index contributed by atoms with van der Waals surface area (Å²) in [5, 5.41) is 7.97. The van der Waals surface area contributed by atoms with Gasteiger partial charge in [-0.2, -0.15) is 5.10 Å². The molecule has 1 atom stereocenters. The normalized spacial score (nSPS) is 12.4. The van der Waals surface area contributed by atoms with Gasteiger partial charge in [0.15, 0.2) is 0 Å². The maximum absolute atomic E-state index is 5.56. The average Bonchev–Trinajstić information content (AvgIpc) is 3.21. The number of para-hydroxylation sites is 1. The van der Waals surface area contributed by atoms with Gasteiger partial charge in [-0.05, 0) is 37.2 Å². The van der Waals surface area contributed by atoms with E-state index in [-0.39, 0.29) is 6.04 Å². The average molecular weight is 281 g/mol. The molecule has 0 aliphatic rings. The number of hydrogen-bond donors (Lipinski definition) is 1. The molecule has 0 radical (unpaired) electrons. The summed E-state index contributed by atoms with van der Waals surface area (Å²) in [5.74, 6) is 0.913. The molecule has 3 aromatic rings. The van der Waals surface area contributed by atoms with E-state index in [1.807, 2.05) is 59.5 Å². The molecule has 2 heterocycles. The summed E-state index contributed by atoms with van der Waals surface area (Å²) >= 11 is 0. The lowest BCUT2D eigenvalue weighted by molar-refractivity contribution is 0.446. The van der Waals surface area contributed by atoms with E-state index in [9.17, 15) is 0 Å². The molecule has 1 unspecified atom stereocenters. The van der Waals surface area contributed by atoms with E-state index in [0.29, 0.717) is 0 Å². The molecular weight excluding hydrogens is 262 g/mol. The molecule has 0 saturated carbocycles. The van der Waals surface area contributed by atoms with E-state index < -0.39 is 0 Å². The van der Waals surface area contributed by atoms with Crippen molar-refractivity contribution in [2.24, 2.45) is 0 Å². The highest BCUT2D eigenvalue weighted by Crippen LogP contribution is 2.23. The molecule has 0 fully saturated rings. The van der Waals surface area contributed by atoms with Crippen molar-refractivity contribution < 1.29 is 4.42 Å². The minimum absolute atomic E-state index is 0.0393. The van der Waals surface area contributed by atoms with Gasteiger partial charge in [0.2, 0.25) is 0 Å². The van der Waals surface area contributed by atoms with E-state index in [4.69, 9.17) is 4.42 Å². The Morgan fingerprint density at radius 2 is 2.05 bits per heavy atom. The smallest absolute Gasteiger partial charge is 0.125 e. The zero-order chi connectivity index (χ0) is 14.5. The van der Waals surface area contributed by atoms with Gasteiger partial charge in [-0.3, -0.25) is 0 Å². The summed E-state index contributed by atoms with van der Waals surface area (Å²) in [6.07, 6.45) is 6.72. The lowest BCUT2D eigenvalue weighted by Crippen LogP contribution is -2.22. The molecule has 0 bridgehead atoms. The molecule has 3 rings (SSSR count). The lowest BCUT2D eigenvalue weighted by atomic mass is 10.1. The van der Waals surface area contributed by atoms with Crippen LogP contribution in [0.4, 0.5) is 0 Å². The van der Waals surface area contributed by atoms with Crippen molar-refractivity contribution in [3.05, 3.63) is 72.4 Å². The number of rotatable bonds is 6. The van der Waals surface area contributed by atoms with E-state index in [2.05, 4.69) is 17.3 Å².